The Hall–Kier alpha value is -1.10. The van der Waals surface area contributed by atoms with Crippen molar-refractivity contribution in [3.63, 3.8) is 0 Å². The Kier molecular flexibility index (Phi) is 8.21. The number of aliphatic hydroxyl groups excluding tert-OH is 1. The zero-order valence-electron chi connectivity index (χ0n) is 11.9. The maximum atomic E-state index is 8.62. The number of hydrogen-bond donors (Lipinski definition) is 2. The van der Waals surface area contributed by atoms with Crippen LogP contribution in [0.15, 0.2) is 24.3 Å². The van der Waals surface area contributed by atoms with Crippen molar-refractivity contribution in [2.75, 3.05) is 33.0 Å². The van der Waals surface area contributed by atoms with Crippen LogP contribution >= 0.6 is 0 Å². The Morgan fingerprint density at radius 3 is 2.63 bits per heavy atom. The van der Waals surface area contributed by atoms with E-state index in [4.69, 9.17) is 14.6 Å². The number of rotatable bonds is 10. The van der Waals surface area contributed by atoms with Gasteiger partial charge in [-0.1, -0.05) is 32.0 Å². The Labute approximate surface area is 115 Å². The second-order valence-corrected chi connectivity index (χ2v) is 4.24. The SMILES string of the molecule is CCNC(CC)c1ccccc1OCCOCCO. The second kappa shape index (κ2) is 9.78. The normalized spacial score (nSPS) is 12.4. The van der Waals surface area contributed by atoms with Crippen molar-refractivity contribution < 1.29 is 14.6 Å². The molecule has 1 aromatic rings. The van der Waals surface area contributed by atoms with Crippen molar-refractivity contribution in [1.29, 1.82) is 0 Å². The van der Waals surface area contributed by atoms with Gasteiger partial charge in [-0.25, -0.2) is 0 Å². The zero-order chi connectivity index (χ0) is 13.9. The molecule has 0 aliphatic carbocycles. The van der Waals surface area contributed by atoms with Gasteiger partial charge in [0.1, 0.15) is 12.4 Å². The first kappa shape index (κ1) is 16.0. The molecule has 0 radical (unpaired) electrons. The topological polar surface area (TPSA) is 50.7 Å². The molecule has 19 heavy (non-hydrogen) atoms. The fourth-order valence-corrected chi connectivity index (χ4v) is 2.00. The van der Waals surface area contributed by atoms with Crippen molar-refractivity contribution in [2.45, 2.75) is 26.3 Å². The Bertz CT molecular complexity index is 344. The van der Waals surface area contributed by atoms with E-state index < -0.39 is 0 Å². The average molecular weight is 267 g/mol. The number of benzene rings is 1. The van der Waals surface area contributed by atoms with Gasteiger partial charge in [-0.3, -0.25) is 0 Å². The van der Waals surface area contributed by atoms with E-state index >= 15 is 0 Å². The van der Waals surface area contributed by atoms with Crippen LogP contribution < -0.4 is 10.1 Å². The van der Waals surface area contributed by atoms with Crippen LogP contribution in [0.5, 0.6) is 5.75 Å². The van der Waals surface area contributed by atoms with Gasteiger partial charge < -0.3 is 19.9 Å². The lowest BCUT2D eigenvalue weighted by Gasteiger charge is -2.20. The Balaban J connectivity index is 2.56. The molecule has 0 aliphatic rings. The predicted molar refractivity (Wildman–Crippen MR) is 76.6 cm³/mol. The molecule has 2 N–H and O–H groups in total. The van der Waals surface area contributed by atoms with Gasteiger partial charge in [-0.05, 0) is 19.0 Å². The van der Waals surface area contributed by atoms with Crippen molar-refractivity contribution in [3.05, 3.63) is 29.8 Å². The highest BCUT2D eigenvalue weighted by molar-refractivity contribution is 5.35. The molecule has 1 rings (SSSR count). The van der Waals surface area contributed by atoms with Gasteiger partial charge in [0, 0.05) is 11.6 Å². The lowest BCUT2D eigenvalue weighted by Crippen LogP contribution is -2.21. The largest absolute Gasteiger partial charge is 0.491 e. The first-order chi connectivity index (χ1) is 9.33. The maximum absolute atomic E-state index is 8.62. The molecular formula is C15H25NO3. The molecule has 1 aromatic carbocycles. The van der Waals surface area contributed by atoms with E-state index in [0.717, 1.165) is 18.7 Å². The molecule has 0 bridgehead atoms. The van der Waals surface area contributed by atoms with Crippen LogP contribution in [-0.2, 0) is 4.74 Å². The first-order valence-corrected chi connectivity index (χ1v) is 6.97. The van der Waals surface area contributed by atoms with Gasteiger partial charge in [-0.15, -0.1) is 0 Å². The zero-order valence-corrected chi connectivity index (χ0v) is 11.9. The summed E-state index contributed by atoms with van der Waals surface area (Å²) in [7, 11) is 0. The highest BCUT2D eigenvalue weighted by Gasteiger charge is 2.12. The summed E-state index contributed by atoms with van der Waals surface area (Å²) in [6.45, 7) is 6.61. The summed E-state index contributed by atoms with van der Waals surface area (Å²) < 4.78 is 11.0. The predicted octanol–water partition coefficient (Wildman–Crippen LogP) is 2.13. The molecule has 0 saturated carbocycles. The average Bonchev–Trinajstić information content (AvgIpc) is 2.45. The molecular weight excluding hydrogens is 242 g/mol. The van der Waals surface area contributed by atoms with Crippen molar-refractivity contribution in [1.82, 2.24) is 5.32 Å². The van der Waals surface area contributed by atoms with E-state index in [2.05, 4.69) is 25.2 Å². The van der Waals surface area contributed by atoms with E-state index in [-0.39, 0.29) is 6.61 Å². The Morgan fingerprint density at radius 1 is 1.16 bits per heavy atom. The summed E-state index contributed by atoms with van der Waals surface area (Å²) in [5, 5.41) is 12.1. The number of para-hydroxylation sites is 1. The van der Waals surface area contributed by atoms with Gasteiger partial charge in [0.15, 0.2) is 0 Å². The van der Waals surface area contributed by atoms with E-state index in [0.29, 0.717) is 25.9 Å². The molecule has 4 heteroatoms. The van der Waals surface area contributed by atoms with E-state index in [9.17, 15) is 0 Å². The van der Waals surface area contributed by atoms with Gasteiger partial charge >= 0.3 is 0 Å². The third kappa shape index (κ3) is 5.59. The van der Waals surface area contributed by atoms with Crippen LogP contribution in [0.4, 0.5) is 0 Å². The fraction of sp³-hybridized carbons (Fsp3) is 0.600. The van der Waals surface area contributed by atoms with Crippen molar-refractivity contribution >= 4 is 0 Å². The van der Waals surface area contributed by atoms with Gasteiger partial charge in [-0.2, -0.15) is 0 Å². The van der Waals surface area contributed by atoms with Gasteiger partial charge in [0.2, 0.25) is 0 Å². The van der Waals surface area contributed by atoms with E-state index in [1.54, 1.807) is 0 Å². The smallest absolute Gasteiger partial charge is 0.124 e. The summed E-state index contributed by atoms with van der Waals surface area (Å²) in [5.74, 6) is 0.905. The summed E-state index contributed by atoms with van der Waals surface area (Å²) in [6.07, 6.45) is 1.02. The summed E-state index contributed by atoms with van der Waals surface area (Å²) in [4.78, 5) is 0. The lowest BCUT2D eigenvalue weighted by atomic mass is 10.0. The van der Waals surface area contributed by atoms with Crippen molar-refractivity contribution in [2.24, 2.45) is 0 Å². The highest BCUT2D eigenvalue weighted by Crippen LogP contribution is 2.26. The molecule has 0 spiro atoms. The minimum absolute atomic E-state index is 0.0505. The van der Waals surface area contributed by atoms with Gasteiger partial charge in [0.25, 0.3) is 0 Å². The van der Waals surface area contributed by atoms with Crippen LogP contribution in [0.25, 0.3) is 0 Å². The monoisotopic (exact) mass is 267 g/mol. The maximum Gasteiger partial charge on any atom is 0.124 e. The summed E-state index contributed by atoms with van der Waals surface area (Å²) in [6, 6.07) is 8.41. The molecule has 1 atom stereocenters. The number of aliphatic hydroxyl groups is 1. The minimum Gasteiger partial charge on any atom is -0.491 e. The van der Waals surface area contributed by atoms with Crippen LogP contribution in [0.3, 0.4) is 0 Å². The molecule has 0 aromatic heterocycles. The number of nitrogens with one attached hydrogen (secondary N) is 1. The molecule has 108 valence electrons. The number of hydrogen-bond acceptors (Lipinski definition) is 4. The Morgan fingerprint density at radius 2 is 1.95 bits per heavy atom. The van der Waals surface area contributed by atoms with E-state index in [1.165, 1.54) is 5.56 Å². The first-order valence-electron chi connectivity index (χ1n) is 6.97. The standard InChI is InChI=1S/C15H25NO3/c1-3-14(16-4-2)13-7-5-6-8-15(13)19-12-11-18-10-9-17/h5-8,14,16-17H,3-4,9-12H2,1-2H3. The summed E-state index contributed by atoms with van der Waals surface area (Å²) in [5.41, 5.74) is 1.19. The highest BCUT2D eigenvalue weighted by atomic mass is 16.5. The van der Waals surface area contributed by atoms with Crippen molar-refractivity contribution in [3.8, 4) is 5.75 Å². The third-order valence-electron chi connectivity index (χ3n) is 2.87. The molecule has 0 amide bonds. The van der Waals surface area contributed by atoms with Crippen LogP contribution in [0.2, 0.25) is 0 Å². The molecule has 0 saturated heterocycles. The van der Waals surface area contributed by atoms with E-state index in [1.807, 2.05) is 18.2 Å². The molecule has 4 nitrogen and oxygen atoms in total. The molecule has 0 heterocycles. The summed E-state index contributed by atoms with van der Waals surface area (Å²) >= 11 is 0. The van der Waals surface area contributed by atoms with Crippen LogP contribution in [0.1, 0.15) is 31.9 Å². The minimum atomic E-state index is 0.0505. The molecule has 1 unspecified atom stereocenters. The number of ether oxygens (including phenoxy) is 2. The fourth-order valence-electron chi connectivity index (χ4n) is 2.00. The quantitative estimate of drug-likeness (QED) is 0.638. The third-order valence-corrected chi connectivity index (χ3v) is 2.87. The van der Waals surface area contributed by atoms with Crippen LogP contribution in [0, 0.1) is 0 Å². The molecule has 0 aliphatic heterocycles. The molecule has 0 fully saturated rings. The van der Waals surface area contributed by atoms with Gasteiger partial charge in [0.05, 0.1) is 19.8 Å². The second-order valence-electron chi connectivity index (χ2n) is 4.24. The lowest BCUT2D eigenvalue weighted by molar-refractivity contribution is 0.0702. The van der Waals surface area contributed by atoms with Crippen LogP contribution in [-0.4, -0.2) is 38.1 Å².